The molecule has 4 heteroatoms. The summed E-state index contributed by atoms with van der Waals surface area (Å²) in [5, 5.41) is 11.6. The summed E-state index contributed by atoms with van der Waals surface area (Å²) in [6, 6.07) is 8.98. The number of benzene rings is 1. The molecule has 1 aliphatic rings. The summed E-state index contributed by atoms with van der Waals surface area (Å²) >= 11 is 0. The first-order valence-corrected chi connectivity index (χ1v) is 6.18. The lowest BCUT2D eigenvalue weighted by atomic mass is 9.66. The van der Waals surface area contributed by atoms with Crippen molar-refractivity contribution in [2.45, 2.75) is 25.7 Å². The molecule has 0 radical (unpaired) electrons. The minimum Gasteiger partial charge on any atom is -0.330 e. The van der Waals surface area contributed by atoms with E-state index in [1.54, 1.807) is 24.3 Å². The van der Waals surface area contributed by atoms with E-state index >= 15 is 0 Å². The van der Waals surface area contributed by atoms with Gasteiger partial charge in [0.05, 0.1) is 11.6 Å². The van der Waals surface area contributed by atoms with Crippen molar-refractivity contribution in [1.82, 2.24) is 0 Å². The summed E-state index contributed by atoms with van der Waals surface area (Å²) in [4.78, 5) is 11.9. The number of nitriles is 1. The number of anilines is 1. The van der Waals surface area contributed by atoms with Crippen LogP contribution in [0.2, 0.25) is 0 Å². The quantitative estimate of drug-likeness (QED) is 0.849. The summed E-state index contributed by atoms with van der Waals surface area (Å²) in [6.07, 6.45) is 3.71. The molecule has 18 heavy (non-hydrogen) atoms. The van der Waals surface area contributed by atoms with Crippen LogP contribution in [-0.2, 0) is 4.79 Å². The molecular formula is C14H17N3O. The van der Waals surface area contributed by atoms with Gasteiger partial charge in [-0.2, -0.15) is 5.26 Å². The van der Waals surface area contributed by atoms with E-state index in [-0.39, 0.29) is 11.3 Å². The van der Waals surface area contributed by atoms with Crippen molar-refractivity contribution in [2.24, 2.45) is 11.1 Å². The van der Waals surface area contributed by atoms with Gasteiger partial charge >= 0.3 is 0 Å². The maximum atomic E-state index is 11.9. The number of carbonyl (C=O) groups is 1. The molecule has 1 saturated carbocycles. The zero-order valence-corrected chi connectivity index (χ0v) is 10.3. The Morgan fingerprint density at radius 1 is 1.50 bits per heavy atom. The minimum atomic E-state index is -0.0183. The van der Waals surface area contributed by atoms with Crippen LogP contribution in [0.1, 0.15) is 31.2 Å². The molecule has 1 fully saturated rings. The van der Waals surface area contributed by atoms with Crippen molar-refractivity contribution in [2.75, 3.05) is 11.9 Å². The van der Waals surface area contributed by atoms with Gasteiger partial charge in [0.25, 0.3) is 0 Å². The van der Waals surface area contributed by atoms with Crippen LogP contribution in [0, 0.1) is 16.7 Å². The topological polar surface area (TPSA) is 78.9 Å². The highest BCUT2D eigenvalue weighted by molar-refractivity contribution is 5.91. The Hall–Kier alpha value is -1.86. The van der Waals surface area contributed by atoms with Crippen molar-refractivity contribution in [3.05, 3.63) is 29.8 Å². The molecule has 1 amide bonds. The number of hydrogen-bond donors (Lipinski definition) is 2. The number of rotatable bonds is 4. The second kappa shape index (κ2) is 5.19. The van der Waals surface area contributed by atoms with E-state index in [0.717, 1.165) is 19.3 Å². The molecule has 0 aromatic heterocycles. The summed E-state index contributed by atoms with van der Waals surface area (Å²) in [5.74, 6) is -0.0183. The van der Waals surface area contributed by atoms with Crippen LogP contribution in [0.5, 0.6) is 0 Å². The molecule has 4 nitrogen and oxygen atoms in total. The van der Waals surface area contributed by atoms with E-state index in [4.69, 9.17) is 11.0 Å². The van der Waals surface area contributed by atoms with Crippen LogP contribution in [-0.4, -0.2) is 12.5 Å². The molecule has 2 rings (SSSR count). The van der Waals surface area contributed by atoms with Crippen LogP contribution in [0.25, 0.3) is 0 Å². The first kappa shape index (κ1) is 12.6. The fraction of sp³-hybridized carbons (Fsp3) is 0.429. The van der Waals surface area contributed by atoms with Gasteiger partial charge in [-0.05, 0) is 43.0 Å². The average molecular weight is 243 g/mol. The van der Waals surface area contributed by atoms with Gasteiger partial charge < -0.3 is 11.1 Å². The van der Waals surface area contributed by atoms with Gasteiger partial charge in [-0.25, -0.2) is 0 Å². The van der Waals surface area contributed by atoms with Crippen molar-refractivity contribution in [3.8, 4) is 6.07 Å². The second-order valence-electron chi connectivity index (χ2n) is 4.98. The lowest BCUT2D eigenvalue weighted by Crippen LogP contribution is -2.40. The van der Waals surface area contributed by atoms with E-state index in [0.29, 0.717) is 24.2 Å². The highest BCUT2D eigenvalue weighted by atomic mass is 16.1. The van der Waals surface area contributed by atoms with Crippen LogP contribution < -0.4 is 11.1 Å². The standard InChI is InChI=1S/C14H17N3O/c15-9-11-3-1-4-12(7-11)17-13(18)8-14(10-16)5-2-6-14/h1,3-4,7H,2,5-6,8,10,16H2,(H,17,18). The third-order valence-corrected chi connectivity index (χ3v) is 3.66. The Kier molecular flexibility index (Phi) is 3.63. The Morgan fingerprint density at radius 3 is 2.83 bits per heavy atom. The number of hydrogen-bond acceptors (Lipinski definition) is 3. The molecule has 1 aliphatic carbocycles. The minimum absolute atomic E-state index is 0.0108. The smallest absolute Gasteiger partial charge is 0.224 e. The molecule has 0 spiro atoms. The van der Waals surface area contributed by atoms with Crippen LogP contribution in [0.15, 0.2) is 24.3 Å². The molecular weight excluding hydrogens is 226 g/mol. The van der Waals surface area contributed by atoms with Gasteiger partial charge in [0.2, 0.25) is 5.91 Å². The molecule has 94 valence electrons. The predicted molar refractivity (Wildman–Crippen MR) is 69.7 cm³/mol. The van der Waals surface area contributed by atoms with Gasteiger partial charge in [-0.1, -0.05) is 12.5 Å². The predicted octanol–water partition coefficient (Wildman–Crippen LogP) is 2.02. The molecule has 1 aromatic carbocycles. The van der Waals surface area contributed by atoms with Gasteiger partial charge in [-0.15, -0.1) is 0 Å². The zero-order valence-electron chi connectivity index (χ0n) is 10.3. The van der Waals surface area contributed by atoms with Crippen LogP contribution in [0.3, 0.4) is 0 Å². The molecule has 0 heterocycles. The monoisotopic (exact) mass is 243 g/mol. The van der Waals surface area contributed by atoms with Gasteiger partial charge in [-0.3, -0.25) is 4.79 Å². The van der Waals surface area contributed by atoms with E-state index in [9.17, 15) is 4.79 Å². The summed E-state index contributed by atoms with van der Waals surface area (Å²) in [6.45, 7) is 0.568. The first-order chi connectivity index (χ1) is 8.67. The largest absolute Gasteiger partial charge is 0.330 e. The maximum Gasteiger partial charge on any atom is 0.224 e. The normalized spacial score (nSPS) is 16.4. The Morgan fingerprint density at radius 2 is 2.28 bits per heavy atom. The Bertz CT molecular complexity index is 481. The third-order valence-electron chi connectivity index (χ3n) is 3.66. The summed E-state index contributed by atoms with van der Waals surface area (Å²) < 4.78 is 0. The Labute approximate surface area is 107 Å². The van der Waals surface area contributed by atoms with Crippen LogP contribution >= 0.6 is 0 Å². The van der Waals surface area contributed by atoms with Crippen molar-refractivity contribution in [3.63, 3.8) is 0 Å². The molecule has 0 saturated heterocycles. The van der Waals surface area contributed by atoms with E-state index in [1.165, 1.54) is 0 Å². The molecule has 0 atom stereocenters. The Balaban J connectivity index is 1.97. The number of nitrogens with two attached hydrogens (primary N) is 1. The number of amides is 1. The van der Waals surface area contributed by atoms with E-state index in [2.05, 4.69) is 11.4 Å². The number of carbonyl (C=O) groups excluding carboxylic acids is 1. The average Bonchev–Trinajstić information content (AvgIpc) is 2.34. The second-order valence-corrected chi connectivity index (χ2v) is 4.98. The molecule has 0 bridgehead atoms. The number of nitrogens with zero attached hydrogens (tertiary/aromatic N) is 1. The fourth-order valence-corrected chi connectivity index (χ4v) is 2.34. The lowest BCUT2D eigenvalue weighted by molar-refractivity contribution is -0.119. The lowest BCUT2D eigenvalue weighted by Gasteiger charge is -2.40. The zero-order chi connectivity index (χ0) is 13.0. The summed E-state index contributed by atoms with van der Waals surface area (Å²) in [7, 11) is 0. The van der Waals surface area contributed by atoms with Crippen LogP contribution in [0.4, 0.5) is 5.69 Å². The van der Waals surface area contributed by atoms with Crippen molar-refractivity contribution < 1.29 is 4.79 Å². The highest BCUT2D eigenvalue weighted by Gasteiger charge is 2.37. The van der Waals surface area contributed by atoms with Crippen molar-refractivity contribution >= 4 is 11.6 Å². The van der Waals surface area contributed by atoms with Gasteiger partial charge in [0.15, 0.2) is 0 Å². The molecule has 0 aliphatic heterocycles. The SMILES string of the molecule is N#Cc1cccc(NC(=O)CC2(CN)CCC2)c1. The van der Waals surface area contributed by atoms with E-state index in [1.807, 2.05) is 0 Å². The first-order valence-electron chi connectivity index (χ1n) is 6.18. The van der Waals surface area contributed by atoms with Crippen molar-refractivity contribution in [1.29, 1.82) is 5.26 Å². The van der Waals surface area contributed by atoms with E-state index < -0.39 is 0 Å². The maximum absolute atomic E-state index is 11.9. The van der Waals surface area contributed by atoms with Gasteiger partial charge in [0, 0.05) is 12.1 Å². The molecule has 3 N–H and O–H groups in total. The number of nitrogens with one attached hydrogen (secondary N) is 1. The summed E-state index contributed by atoms with van der Waals surface area (Å²) in [5.41, 5.74) is 6.96. The van der Waals surface area contributed by atoms with Gasteiger partial charge in [0.1, 0.15) is 0 Å². The highest BCUT2D eigenvalue weighted by Crippen LogP contribution is 2.43. The molecule has 0 unspecified atom stereocenters. The fourth-order valence-electron chi connectivity index (χ4n) is 2.34. The third kappa shape index (κ3) is 2.69. The molecule has 1 aromatic rings.